The number of rotatable bonds is 4. The van der Waals surface area contributed by atoms with Crippen LogP contribution in [-0.4, -0.2) is 35.1 Å². The third kappa shape index (κ3) is 2.45. The molecule has 4 heteroatoms. The van der Waals surface area contributed by atoms with Gasteiger partial charge < -0.3 is 9.47 Å². The summed E-state index contributed by atoms with van der Waals surface area (Å²) in [7, 11) is 4.23. The van der Waals surface area contributed by atoms with Crippen LogP contribution in [0.3, 0.4) is 0 Å². The zero-order chi connectivity index (χ0) is 16.7. The lowest BCUT2D eigenvalue weighted by Crippen LogP contribution is -2.15. The van der Waals surface area contributed by atoms with Crippen LogP contribution in [0.5, 0.6) is 0 Å². The van der Waals surface area contributed by atoms with Crippen LogP contribution in [0.2, 0.25) is 5.15 Å². The molecule has 24 heavy (non-hydrogen) atoms. The normalized spacial score (nSPS) is 12.0. The van der Waals surface area contributed by atoms with Crippen molar-refractivity contribution in [1.82, 2.24) is 14.5 Å². The van der Waals surface area contributed by atoms with E-state index in [0.29, 0.717) is 5.15 Å². The number of hydrogen-bond donors (Lipinski definition) is 0. The van der Waals surface area contributed by atoms with Gasteiger partial charge in [-0.25, -0.2) is 4.98 Å². The van der Waals surface area contributed by atoms with E-state index in [-0.39, 0.29) is 0 Å². The number of para-hydroxylation sites is 1. The van der Waals surface area contributed by atoms with Crippen LogP contribution in [0.25, 0.3) is 32.7 Å². The molecule has 0 saturated carbocycles. The zero-order valence-corrected chi connectivity index (χ0v) is 14.7. The van der Waals surface area contributed by atoms with Crippen LogP contribution in [0.4, 0.5) is 0 Å². The molecule has 0 saturated heterocycles. The summed E-state index contributed by atoms with van der Waals surface area (Å²) < 4.78 is 2.40. The lowest BCUT2D eigenvalue weighted by Gasteiger charge is -2.12. The van der Waals surface area contributed by atoms with Gasteiger partial charge >= 0.3 is 0 Å². The summed E-state index contributed by atoms with van der Waals surface area (Å²) in [5.74, 6) is 0. The van der Waals surface area contributed by atoms with E-state index in [0.717, 1.165) is 30.4 Å². The first-order chi connectivity index (χ1) is 11.7. The second-order valence-electron chi connectivity index (χ2n) is 6.47. The monoisotopic (exact) mass is 337 g/mol. The lowest BCUT2D eigenvalue weighted by atomic mass is 10.1. The average Bonchev–Trinajstić information content (AvgIpc) is 2.89. The summed E-state index contributed by atoms with van der Waals surface area (Å²) in [6.45, 7) is 2.03. The molecule has 0 N–H and O–H groups in total. The summed E-state index contributed by atoms with van der Waals surface area (Å²) >= 11 is 6.46. The minimum atomic E-state index is 0.578. The predicted molar refractivity (Wildman–Crippen MR) is 103 cm³/mol. The third-order valence-corrected chi connectivity index (χ3v) is 4.83. The summed E-state index contributed by atoms with van der Waals surface area (Å²) in [4.78, 5) is 6.95. The molecule has 4 rings (SSSR count). The molecule has 0 aliphatic heterocycles. The van der Waals surface area contributed by atoms with Gasteiger partial charge in [-0.2, -0.15) is 0 Å². The molecule has 0 atom stereocenters. The van der Waals surface area contributed by atoms with Crippen molar-refractivity contribution in [3.05, 3.63) is 53.7 Å². The fourth-order valence-corrected chi connectivity index (χ4v) is 3.73. The molecule has 0 amide bonds. The van der Waals surface area contributed by atoms with Crippen LogP contribution in [0, 0.1) is 0 Å². The first-order valence-corrected chi connectivity index (χ1v) is 8.64. The third-order valence-electron chi connectivity index (χ3n) is 4.55. The molecular weight excluding hydrogens is 318 g/mol. The first-order valence-electron chi connectivity index (χ1n) is 8.26. The lowest BCUT2D eigenvalue weighted by molar-refractivity contribution is 0.389. The highest BCUT2D eigenvalue weighted by Gasteiger charge is 2.16. The van der Waals surface area contributed by atoms with E-state index in [4.69, 9.17) is 16.6 Å². The predicted octanol–water partition coefficient (Wildman–Crippen LogP) is 4.95. The van der Waals surface area contributed by atoms with E-state index >= 15 is 0 Å². The van der Waals surface area contributed by atoms with Crippen molar-refractivity contribution in [2.75, 3.05) is 20.6 Å². The Morgan fingerprint density at radius 2 is 1.62 bits per heavy atom. The Labute approximate surface area is 146 Å². The Bertz CT molecular complexity index is 1030. The number of pyridine rings is 1. The van der Waals surface area contributed by atoms with Gasteiger partial charge in [0, 0.05) is 22.7 Å². The minimum Gasteiger partial charge on any atom is -0.339 e. The molecule has 122 valence electrons. The average molecular weight is 338 g/mol. The van der Waals surface area contributed by atoms with Crippen LogP contribution in [0.1, 0.15) is 6.42 Å². The van der Waals surface area contributed by atoms with E-state index in [2.05, 4.69) is 60.0 Å². The quantitative estimate of drug-likeness (QED) is 0.491. The molecule has 2 heterocycles. The second-order valence-corrected chi connectivity index (χ2v) is 6.83. The van der Waals surface area contributed by atoms with Crippen molar-refractivity contribution < 1.29 is 0 Å². The van der Waals surface area contributed by atoms with Crippen LogP contribution < -0.4 is 0 Å². The van der Waals surface area contributed by atoms with E-state index < -0.39 is 0 Å². The fraction of sp³-hybridized carbons (Fsp3) is 0.250. The highest BCUT2D eigenvalue weighted by Crippen LogP contribution is 2.35. The fourth-order valence-electron chi connectivity index (χ4n) is 3.48. The van der Waals surface area contributed by atoms with Gasteiger partial charge in [0.15, 0.2) is 0 Å². The Kier molecular flexibility index (Phi) is 3.91. The summed E-state index contributed by atoms with van der Waals surface area (Å²) in [5, 5.41) is 3.94. The van der Waals surface area contributed by atoms with Gasteiger partial charge in [0.25, 0.3) is 0 Å². The first kappa shape index (κ1) is 15.4. The number of nitrogens with zero attached hydrogens (tertiary/aromatic N) is 3. The largest absolute Gasteiger partial charge is 0.339 e. The number of hydrogen-bond acceptors (Lipinski definition) is 2. The van der Waals surface area contributed by atoms with Crippen molar-refractivity contribution in [2.24, 2.45) is 0 Å². The van der Waals surface area contributed by atoms with E-state index in [1.165, 1.54) is 21.8 Å². The maximum atomic E-state index is 6.46. The minimum absolute atomic E-state index is 0.578. The Morgan fingerprint density at radius 1 is 0.958 bits per heavy atom. The summed E-state index contributed by atoms with van der Waals surface area (Å²) in [6.07, 6.45) is 1.09. The standard InChI is InChI=1S/C20H20ClN3/c1-23(2)12-7-13-24-17-11-6-5-10-16(17)18-19(24)14-8-3-4-9-15(14)20(21)22-18/h3-6,8-11H,7,12-13H2,1-2H3. The van der Waals surface area contributed by atoms with Crippen LogP contribution in [0.15, 0.2) is 48.5 Å². The van der Waals surface area contributed by atoms with Crippen molar-refractivity contribution in [1.29, 1.82) is 0 Å². The molecule has 2 aromatic carbocycles. The Hall–Kier alpha value is -2.10. The molecule has 0 unspecified atom stereocenters. The van der Waals surface area contributed by atoms with Crippen LogP contribution in [-0.2, 0) is 6.54 Å². The molecule has 3 nitrogen and oxygen atoms in total. The number of benzene rings is 2. The maximum Gasteiger partial charge on any atom is 0.137 e. The number of aryl methyl sites for hydroxylation is 1. The Morgan fingerprint density at radius 3 is 2.38 bits per heavy atom. The van der Waals surface area contributed by atoms with Crippen molar-refractivity contribution >= 4 is 44.3 Å². The highest BCUT2D eigenvalue weighted by atomic mass is 35.5. The van der Waals surface area contributed by atoms with Gasteiger partial charge in [0.2, 0.25) is 0 Å². The Balaban J connectivity index is 2.04. The van der Waals surface area contributed by atoms with Gasteiger partial charge in [-0.15, -0.1) is 0 Å². The van der Waals surface area contributed by atoms with Gasteiger partial charge in [-0.05, 0) is 33.1 Å². The number of aromatic nitrogens is 2. The molecule has 4 aromatic rings. The van der Waals surface area contributed by atoms with Gasteiger partial charge in [0.05, 0.1) is 16.6 Å². The number of halogens is 1. The zero-order valence-electron chi connectivity index (χ0n) is 14.0. The van der Waals surface area contributed by atoms with Gasteiger partial charge in [-0.1, -0.05) is 54.1 Å². The molecular formula is C20H20ClN3. The molecule has 0 aliphatic rings. The summed E-state index contributed by atoms with van der Waals surface area (Å²) in [6, 6.07) is 16.7. The topological polar surface area (TPSA) is 21.1 Å². The van der Waals surface area contributed by atoms with Crippen molar-refractivity contribution in [3.8, 4) is 0 Å². The van der Waals surface area contributed by atoms with E-state index in [1.54, 1.807) is 0 Å². The smallest absolute Gasteiger partial charge is 0.137 e. The molecule has 0 fully saturated rings. The van der Waals surface area contributed by atoms with Gasteiger partial charge in [0.1, 0.15) is 5.15 Å². The van der Waals surface area contributed by atoms with E-state index in [9.17, 15) is 0 Å². The molecule has 0 bridgehead atoms. The SMILES string of the molecule is CN(C)CCCn1c2ccccc2c2nc(Cl)c3ccccc3c21. The summed E-state index contributed by atoms with van der Waals surface area (Å²) in [5.41, 5.74) is 3.42. The molecule has 0 spiro atoms. The molecule has 0 aliphatic carbocycles. The van der Waals surface area contributed by atoms with Crippen molar-refractivity contribution in [3.63, 3.8) is 0 Å². The van der Waals surface area contributed by atoms with Gasteiger partial charge in [-0.3, -0.25) is 0 Å². The van der Waals surface area contributed by atoms with E-state index in [1.807, 2.05) is 12.1 Å². The van der Waals surface area contributed by atoms with Crippen LogP contribution >= 0.6 is 11.6 Å². The van der Waals surface area contributed by atoms with Crippen molar-refractivity contribution in [2.45, 2.75) is 13.0 Å². The second kappa shape index (κ2) is 6.08. The number of fused-ring (bicyclic) bond motifs is 5. The molecule has 0 radical (unpaired) electrons. The highest BCUT2D eigenvalue weighted by molar-refractivity contribution is 6.36. The maximum absolute atomic E-state index is 6.46. The molecule has 2 aromatic heterocycles.